The molecule has 0 saturated heterocycles. The Morgan fingerprint density at radius 3 is 2.47 bits per heavy atom. The maximum absolute atomic E-state index is 12.3. The Morgan fingerprint density at radius 2 is 1.82 bits per heavy atom. The summed E-state index contributed by atoms with van der Waals surface area (Å²) >= 11 is 0. The Hall–Kier alpha value is -1.11. The second-order valence-electron chi connectivity index (χ2n) is 5.71. The van der Waals surface area contributed by atoms with Gasteiger partial charge in [-0.25, -0.2) is 0 Å². The zero-order valence-electron chi connectivity index (χ0n) is 10.5. The first-order valence-corrected chi connectivity index (χ1v) is 6.84. The highest BCUT2D eigenvalue weighted by atomic mass is 16.1. The van der Waals surface area contributed by atoms with Gasteiger partial charge < -0.3 is 0 Å². The first kappa shape index (κ1) is 11.0. The highest BCUT2D eigenvalue weighted by molar-refractivity contribution is 5.86. The maximum Gasteiger partial charge on any atom is 0.140 e. The molecule has 2 aliphatic carbocycles. The van der Waals surface area contributed by atoms with Crippen LogP contribution in [0.5, 0.6) is 0 Å². The van der Waals surface area contributed by atoms with Crippen molar-refractivity contribution in [2.75, 3.05) is 0 Å². The summed E-state index contributed by atoms with van der Waals surface area (Å²) in [5.41, 5.74) is 2.48. The molecule has 2 fully saturated rings. The summed E-state index contributed by atoms with van der Waals surface area (Å²) in [6.07, 6.45) is 5.94. The molecule has 0 N–H and O–H groups in total. The number of hydrogen-bond acceptors (Lipinski definition) is 1. The molecule has 2 saturated carbocycles. The highest BCUT2D eigenvalue weighted by Crippen LogP contribution is 2.56. The summed E-state index contributed by atoms with van der Waals surface area (Å²) < 4.78 is 0. The number of benzene rings is 1. The van der Waals surface area contributed by atoms with Crippen LogP contribution >= 0.6 is 0 Å². The lowest BCUT2D eigenvalue weighted by molar-refractivity contribution is -0.120. The van der Waals surface area contributed by atoms with E-state index in [2.05, 4.69) is 19.1 Å². The van der Waals surface area contributed by atoms with Gasteiger partial charge in [-0.3, -0.25) is 4.79 Å². The van der Waals surface area contributed by atoms with Crippen molar-refractivity contribution in [2.45, 2.75) is 39.0 Å². The van der Waals surface area contributed by atoms with Crippen LogP contribution in [0.25, 0.3) is 0 Å². The van der Waals surface area contributed by atoms with Crippen molar-refractivity contribution in [3.05, 3.63) is 35.4 Å². The monoisotopic (exact) mass is 228 g/mol. The molecular weight excluding hydrogens is 208 g/mol. The van der Waals surface area contributed by atoms with Gasteiger partial charge in [0, 0.05) is 12.3 Å². The average Bonchev–Trinajstić information content (AvgIpc) is 3.06. The number of rotatable bonds is 3. The number of Topliss-reactive ketones (excluding diaryl/α,β-unsaturated/α-hetero) is 1. The first-order valence-electron chi connectivity index (χ1n) is 6.84. The quantitative estimate of drug-likeness (QED) is 0.773. The summed E-state index contributed by atoms with van der Waals surface area (Å²) in [7, 11) is 0. The van der Waals surface area contributed by atoms with Crippen LogP contribution in [0.15, 0.2) is 24.3 Å². The van der Waals surface area contributed by atoms with E-state index in [0.29, 0.717) is 18.1 Å². The van der Waals surface area contributed by atoms with Gasteiger partial charge in [-0.2, -0.15) is 0 Å². The van der Waals surface area contributed by atoms with Crippen molar-refractivity contribution in [2.24, 2.45) is 17.8 Å². The highest BCUT2D eigenvalue weighted by Gasteiger charge is 2.53. The fourth-order valence-corrected chi connectivity index (χ4v) is 3.58. The molecule has 90 valence electrons. The van der Waals surface area contributed by atoms with E-state index in [1.54, 1.807) is 0 Å². The van der Waals surface area contributed by atoms with Crippen LogP contribution in [0.3, 0.4) is 0 Å². The van der Waals surface area contributed by atoms with Gasteiger partial charge in [-0.1, -0.05) is 37.1 Å². The standard InChI is InChI=1S/C16H20O/c1-11-6-2-3-7-12(11)10-15(17)16-13-8-4-5-9-14(13)16/h2-3,6-7,13-14,16H,4-5,8-10H2,1H3. The fraction of sp³-hybridized carbons (Fsp3) is 0.562. The molecular formula is C16H20O. The van der Waals surface area contributed by atoms with E-state index in [1.807, 2.05) is 12.1 Å². The van der Waals surface area contributed by atoms with Crippen molar-refractivity contribution in [3.63, 3.8) is 0 Å². The Kier molecular flexibility index (Phi) is 2.78. The predicted molar refractivity (Wildman–Crippen MR) is 68.8 cm³/mol. The molecule has 0 radical (unpaired) electrons. The summed E-state index contributed by atoms with van der Waals surface area (Å²) in [4.78, 5) is 12.3. The smallest absolute Gasteiger partial charge is 0.140 e. The number of hydrogen-bond donors (Lipinski definition) is 0. The second kappa shape index (κ2) is 4.29. The van der Waals surface area contributed by atoms with Crippen LogP contribution < -0.4 is 0 Å². The number of ketones is 1. The Bertz CT molecular complexity index is 423. The van der Waals surface area contributed by atoms with Gasteiger partial charge in [-0.05, 0) is 42.7 Å². The van der Waals surface area contributed by atoms with E-state index >= 15 is 0 Å². The van der Waals surface area contributed by atoms with Crippen LogP contribution in [0.2, 0.25) is 0 Å². The minimum atomic E-state index is 0.414. The number of fused-ring (bicyclic) bond motifs is 1. The lowest BCUT2D eigenvalue weighted by atomic mass is 10.0. The van der Waals surface area contributed by atoms with E-state index in [1.165, 1.54) is 36.8 Å². The van der Waals surface area contributed by atoms with Crippen LogP contribution in [0.1, 0.15) is 36.8 Å². The molecule has 1 aromatic carbocycles. The Balaban J connectivity index is 1.67. The van der Waals surface area contributed by atoms with Gasteiger partial charge in [0.25, 0.3) is 0 Å². The van der Waals surface area contributed by atoms with Crippen LogP contribution in [-0.2, 0) is 11.2 Å². The van der Waals surface area contributed by atoms with E-state index in [-0.39, 0.29) is 0 Å². The third kappa shape index (κ3) is 2.03. The minimum absolute atomic E-state index is 0.414. The first-order chi connectivity index (χ1) is 8.27. The lowest BCUT2D eigenvalue weighted by Gasteiger charge is -2.04. The molecule has 1 nitrogen and oxygen atoms in total. The molecule has 0 bridgehead atoms. The normalized spacial score (nSPS) is 30.8. The molecule has 2 aliphatic rings. The molecule has 1 heteroatoms. The van der Waals surface area contributed by atoms with Crippen molar-refractivity contribution in [1.82, 2.24) is 0 Å². The predicted octanol–water partition coefficient (Wildman–Crippen LogP) is 3.54. The van der Waals surface area contributed by atoms with E-state index < -0.39 is 0 Å². The molecule has 2 unspecified atom stereocenters. The molecule has 2 atom stereocenters. The van der Waals surface area contributed by atoms with E-state index in [0.717, 1.165) is 11.8 Å². The van der Waals surface area contributed by atoms with Gasteiger partial charge in [0.2, 0.25) is 0 Å². The third-order valence-electron chi connectivity index (χ3n) is 4.65. The van der Waals surface area contributed by atoms with Gasteiger partial charge >= 0.3 is 0 Å². The van der Waals surface area contributed by atoms with Gasteiger partial charge in [0.1, 0.15) is 5.78 Å². The lowest BCUT2D eigenvalue weighted by Crippen LogP contribution is -2.08. The average molecular weight is 228 g/mol. The largest absolute Gasteiger partial charge is 0.299 e. The Morgan fingerprint density at radius 1 is 1.18 bits per heavy atom. The molecule has 0 heterocycles. The van der Waals surface area contributed by atoms with Crippen molar-refractivity contribution >= 4 is 5.78 Å². The number of carbonyl (C=O) groups excluding carboxylic acids is 1. The zero-order chi connectivity index (χ0) is 11.8. The number of aryl methyl sites for hydroxylation is 1. The van der Waals surface area contributed by atoms with Crippen molar-refractivity contribution in [1.29, 1.82) is 0 Å². The SMILES string of the molecule is Cc1ccccc1CC(=O)C1C2CCCCC21. The van der Waals surface area contributed by atoms with Crippen molar-refractivity contribution < 1.29 is 4.79 Å². The molecule has 17 heavy (non-hydrogen) atoms. The van der Waals surface area contributed by atoms with Gasteiger partial charge in [0.05, 0.1) is 0 Å². The molecule has 0 aliphatic heterocycles. The maximum atomic E-state index is 12.3. The molecule has 0 spiro atoms. The molecule has 1 aromatic rings. The summed E-state index contributed by atoms with van der Waals surface area (Å²) in [5.74, 6) is 2.41. The topological polar surface area (TPSA) is 17.1 Å². The summed E-state index contributed by atoms with van der Waals surface area (Å²) in [6.45, 7) is 2.10. The van der Waals surface area contributed by atoms with Gasteiger partial charge in [0.15, 0.2) is 0 Å². The van der Waals surface area contributed by atoms with Gasteiger partial charge in [-0.15, -0.1) is 0 Å². The second-order valence-corrected chi connectivity index (χ2v) is 5.71. The van der Waals surface area contributed by atoms with Crippen molar-refractivity contribution in [3.8, 4) is 0 Å². The van der Waals surface area contributed by atoms with E-state index in [4.69, 9.17) is 0 Å². The zero-order valence-corrected chi connectivity index (χ0v) is 10.5. The minimum Gasteiger partial charge on any atom is -0.299 e. The number of carbonyl (C=O) groups is 1. The van der Waals surface area contributed by atoms with Crippen LogP contribution in [0.4, 0.5) is 0 Å². The fourth-order valence-electron chi connectivity index (χ4n) is 3.58. The molecule has 3 rings (SSSR count). The van der Waals surface area contributed by atoms with E-state index in [9.17, 15) is 4.79 Å². The summed E-state index contributed by atoms with van der Waals surface area (Å²) in [6, 6.07) is 8.28. The van der Waals surface area contributed by atoms with Crippen LogP contribution in [-0.4, -0.2) is 5.78 Å². The molecule has 0 amide bonds. The third-order valence-corrected chi connectivity index (χ3v) is 4.65. The molecule has 0 aromatic heterocycles. The Labute approximate surface area is 103 Å². The van der Waals surface area contributed by atoms with Crippen LogP contribution in [0, 0.1) is 24.7 Å². The summed E-state index contributed by atoms with van der Waals surface area (Å²) in [5, 5.41) is 0.